The van der Waals surface area contributed by atoms with Crippen molar-refractivity contribution < 1.29 is 0 Å². The lowest BCUT2D eigenvalue weighted by Crippen LogP contribution is -2.21. The van der Waals surface area contributed by atoms with Crippen molar-refractivity contribution in [1.82, 2.24) is 0 Å². The van der Waals surface area contributed by atoms with E-state index in [1.165, 1.54) is 36.9 Å². The number of rotatable bonds is 4. The van der Waals surface area contributed by atoms with Gasteiger partial charge in [0.25, 0.3) is 0 Å². The zero-order valence-electron chi connectivity index (χ0n) is 11.1. The summed E-state index contributed by atoms with van der Waals surface area (Å²) in [6, 6.07) is 8.99. The number of hydrogen-bond acceptors (Lipinski definition) is 1. The van der Waals surface area contributed by atoms with Gasteiger partial charge in [0.2, 0.25) is 0 Å². The van der Waals surface area contributed by atoms with Gasteiger partial charge in [0.05, 0.1) is 0 Å². The van der Waals surface area contributed by atoms with E-state index in [9.17, 15) is 0 Å². The summed E-state index contributed by atoms with van der Waals surface area (Å²) in [6.45, 7) is 6.57. The van der Waals surface area contributed by atoms with Crippen LogP contribution in [0.25, 0.3) is 6.08 Å². The molecule has 1 aromatic carbocycles. The first-order valence-electron chi connectivity index (χ1n) is 6.88. The first-order chi connectivity index (χ1) is 8.33. The molecule has 1 fully saturated rings. The summed E-state index contributed by atoms with van der Waals surface area (Å²) in [5.74, 6) is 0. The Morgan fingerprint density at radius 2 is 1.59 bits per heavy atom. The average molecular weight is 229 g/mol. The Labute approximate surface area is 105 Å². The molecule has 0 aliphatic heterocycles. The molecule has 1 aliphatic carbocycles. The average Bonchev–Trinajstić information content (AvgIpc) is 2.86. The Kier molecular flexibility index (Phi) is 4.24. The second-order valence-electron chi connectivity index (χ2n) is 4.77. The summed E-state index contributed by atoms with van der Waals surface area (Å²) in [5.41, 5.74) is 4.32. The highest BCUT2D eigenvalue weighted by Crippen LogP contribution is 2.26. The second-order valence-corrected chi connectivity index (χ2v) is 4.77. The van der Waals surface area contributed by atoms with Crippen LogP contribution in [0.2, 0.25) is 0 Å². The van der Waals surface area contributed by atoms with E-state index in [0.717, 1.165) is 13.1 Å². The lowest BCUT2D eigenvalue weighted by Gasteiger charge is -2.20. The van der Waals surface area contributed by atoms with Crippen LogP contribution in [0, 0.1) is 0 Å². The van der Waals surface area contributed by atoms with Gasteiger partial charge in [0, 0.05) is 18.8 Å². The van der Waals surface area contributed by atoms with Crippen LogP contribution in [0.1, 0.15) is 45.1 Å². The quantitative estimate of drug-likeness (QED) is 0.735. The second kappa shape index (κ2) is 5.90. The van der Waals surface area contributed by atoms with Gasteiger partial charge in [-0.2, -0.15) is 0 Å². The Balaban J connectivity index is 2.09. The number of benzene rings is 1. The molecular weight excluding hydrogens is 206 g/mol. The van der Waals surface area contributed by atoms with E-state index in [0.29, 0.717) is 0 Å². The molecule has 0 atom stereocenters. The SMILES string of the molecule is CCN(CC)c1ccc(C=C2CCCC2)cc1. The molecule has 1 aliphatic rings. The predicted molar refractivity (Wildman–Crippen MR) is 76.4 cm³/mol. The number of nitrogens with zero attached hydrogens (tertiary/aromatic N) is 1. The van der Waals surface area contributed by atoms with Gasteiger partial charge in [0.15, 0.2) is 0 Å². The summed E-state index contributed by atoms with van der Waals surface area (Å²) < 4.78 is 0. The molecule has 0 amide bonds. The van der Waals surface area contributed by atoms with Gasteiger partial charge in [-0.1, -0.05) is 23.8 Å². The highest BCUT2D eigenvalue weighted by atomic mass is 15.1. The van der Waals surface area contributed by atoms with Crippen molar-refractivity contribution >= 4 is 11.8 Å². The molecular formula is C16H23N. The van der Waals surface area contributed by atoms with Crippen LogP contribution in [0.15, 0.2) is 29.8 Å². The van der Waals surface area contributed by atoms with Gasteiger partial charge in [-0.05, 0) is 57.2 Å². The van der Waals surface area contributed by atoms with Crippen molar-refractivity contribution in [1.29, 1.82) is 0 Å². The molecule has 1 saturated carbocycles. The first-order valence-corrected chi connectivity index (χ1v) is 6.88. The summed E-state index contributed by atoms with van der Waals surface area (Å²) in [7, 11) is 0. The first kappa shape index (κ1) is 12.2. The fourth-order valence-corrected chi connectivity index (χ4v) is 2.58. The molecule has 1 nitrogen and oxygen atoms in total. The smallest absolute Gasteiger partial charge is 0.0366 e. The fraction of sp³-hybridized carbons (Fsp3) is 0.500. The maximum atomic E-state index is 2.38. The van der Waals surface area contributed by atoms with Crippen molar-refractivity contribution in [3.63, 3.8) is 0 Å². The van der Waals surface area contributed by atoms with E-state index < -0.39 is 0 Å². The summed E-state index contributed by atoms with van der Waals surface area (Å²) in [4.78, 5) is 2.38. The Morgan fingerprint density at radius 1 is 1.00 bits per heavy atom. The molecule has 1 heteroatoms. The fourth-order valence-electron chi connectivity index (χ4n) is 2.58. The maximum absolute atomic E-state index is 2.38. The van der Waals surface area contributed by atoms with Crippen LogP contribution in [0.5, 0.6) is 0 Å². The molecule has 0 heterocycles. The minimum absolute atomic E-state index is 1.08. The highest BCUT2D eigenvalue weighted by Gasteiger charge is 2.06. The van der Waals surface area contributed by atoms with E-state index in [1.807, 2.05) is 0 Å². The van der Waals surface area contributed by atoms with Crippen LogP contribution in [-0.4, -0.2) is 13.1 Å². The van der Waals surface area contributed by atoms with Crippen LogP contribution in [0.3, 0.4) is 0 Å². The maximum Gasteiger partial charge on any atom is 0.0366 e. The van der Waals surface area contributed by atoms with Gasteiger partial charge < -0.3 is 4.90 Å². The largest absolute Gasteiger partial charge is 0.372 e. The zero-order chi connectivity index (χ0) is 12.1. The van der Waals surface area contributed by atoms with Crippen LogP contribution < -0.4 is 4.90 Å². The van der Waals surface area contributed by atoms with Gasteiger partial charge in [-0.25, -0.2) is 0 Å². The molecule has 0 saturated heterocycles. The molecule has 1 aromatic rings. The van der Waals surface area contributed by atoms with E-state index in [1.54, 1.807) is 5.57 Å². The molecule has 0 N–H and O–H groups in total. The van der Waals surface area contributed by atoms with E-state index >= 15 is 0 Å². The Hall–Kier alpha value is -1.24. The van der Waals surface area contributed by atoms with Crippen LogP contribution in [0.4, 0.5) is 5.69 Å². The van der Waals surface area contributed by atoms with E-state index in [4.69, 9.17) is 0 Å². The minimum atomic E-state index is 1.08. The summed E-state index contributed by atoms with van der Waals surface area (Å²) in [5, 5.41) is 0. The molecule has 0 unspecified atom stereocenters. The number of anilines is 1. The van der Waals surface area contributed by atoms with Crippen molar-refractivity contribution in [2.75, 3.05) is 18.0 Å². The Morgan fingerprint density at radius 3 is 2.12 bits per heavy atom. The van der Waals surface area contributed by atoms with E-state index in [2.05, 4.69) is 49.1 Å². The third kappa shape index (κ3) is 3.12. The van der Waals surface area contributed by atoms with Crippen LogP contribution >= 0.6 is 0 Å². The standard InChI is InChI=1S/C16H23N/c1-3-17(4-2)16-11-9-15(10-12-16)13-14-7-5-6-8-14/h9-13H,3-8H2,1-2H3. The third-order valence-corrected chi connectivity index (χ3v) is 3.64. The third-order valence-electron chi connectivity index (χ3n) is 3.64. The highest BCUT2D eigenvalue weighted by molar-refractivity contribution is 5.58. The zero-order valence-corrected chi connectivity index (χ0v) is 11.1. The molecule has 92 valence electrons. The predicted octanol–water partition coefficient (Wildman–Crippen LogP) is 4.49. The molecule has 0 radical (unpaired) electrons. The van der Waals surface area contributed by atoms with Gasteiger partial charge in [-0.15, -0.1) is 0 Å². The molecule has 17 heavy (non-hydrogen) atoms. The van der Waals surface area contributed by atoms with Gasteiger partial charge >= 0.3 is 0 Å². The van der Waals surface area contributed by atoms with Crippen LogP contribution in [-0.2, 0) is 0 Å². The summed E-state index contributed by atoms with van der Waals surface area (Å²) >= 11 is 0. The molecule has 0 aromatic heterocycles. The van der Waals surface area contributed by atoms with Crippen molar-refractivity contribution in [3.8, 4) is 0 Å². The van der Waals surface area contributed by atoms with Gasteiger partial charge in [-0.3, -0.25) is 0 Å². The number of hydrogen-bond donors (Lipinski definition) is 0. The molecule has 2 rings (SSSR count). The molecule has 0 bridgehead atoms. The van der Waals surface area contributed by atoms with E-state index in [-0.39, 0.29) is 0 Å². The van der Waals surface area contributed by atoms with Crippen molar-refractivity contribution in [2.24, 2.45) is 0 Å². The molecule has 0 spiro atoms. The topological polar surface area (TPSA) is 3.24 Å². The van der Waals surface area contributed by atoms with Crippen molar-refractivity contribution in [2.45, 2.75) is 39.5 Å². The monoisotopic (exact) mass is 229 g/mol. The van der Waals surface area contributed by atoms with Gasteiger partial charge in [0.1, 0.15) is 0 Å². The number of allylic oxidation sites excluding steroid dienone is 1. The Bertz CT molecular complexity index is 363. The lowest BCUT2D eigenvalue weighted by molar-refractivity contribution is 0.866. The lowest BCUT2D eigenvalue weighted by atomic mass is 10.1. The van der Waals surface area contributed by atoms with Crippen molar-refractivity contribution in [3.05, 3.63) is 35.4 Å². The summed E-state index contributed by atoms with van der Waals surface area (Å²) in [6.07, 6.45) is 7.74. The normalized spacial score (nSPS) is 15.1. The minimum Gasteiger partial charge on any atom is -0.372 e.